The highest BCUT2D eigenvalue weighted by Crippen LogP contribution is 2.30. The predicted molar refractivity (Wildman–Crippen MR) is 89.8 cm³/mol. The summed E-state index contributed by atoms with van der Waals surface area (Å²) in [5, 5.41) is 4.28. The van der Waals surface area contributed by atoms with Crippen LogP contribution >= 0.6 is 11.6 Å². The second-order valence-electron chi connectivity index (χ2n) is 4.88. The van der Waals surface area contributed by atoms with Gasteiger partial charge in [-0.1, -0.05) is 84.4 Å². The zero-order valence-corrected chi connectivity index (χ0v) is 12.3. The molecule has 0 radical (unpaired) electrons. The summed E-state index contributed by atoms with van der Waals surface area (Å²) in [6.07, 6.45) is 0. The number of halogens is 1. The first kappa shape index (κ1) is 13.7. The summed E-state index contributed by atoms with van der Waals surface area (Å²) >= 11 is 6.28. The molecule has 0 fully saturated rings. The molecule has 1 nitrogen and oxygen atoms in total. The van der Waals surface area contributed by atoms with E-state index in [-0.39, 0.29) is 6.04 Å². The van der Waals surface area contributed by atoms with Gasteiger partial charge >= 0.3 is 0 Å². The maximum atomic E-state index is 6.28. The third kappa shape index (κ3) is 3.26. The molecule has 0 unspecified atom stereocenters. The number of anilines is 1. The Hall–Kier alpha value is -2.25. The summed E-state index contributed by atoms with van der Waals surface area (Å²) in [5.41, 5.74) is 3.36. The molecule has 21 heavy (non-hydrogen) atoms. The van der Waals surface area contributed by atoms with Gasteiger partial charge < -0.3 is 5.32 Å². The normalized spacial score (nSPS) is 10.6. The Bertz CT molecular complexity index is 656. The Morgan fingerprint density at radius 2 is 1.10 bits per heavy atom. The first-order valence-corrected chi connectivity index (χ1v) is 7.33. The minimum absolute atomic E-state index is 0.0762. The van der Waals surface area contributed by atoms with Gasteiger partial charge in [0.05, 0.1) is 16.8 Å². The van der Waals surface area contributed by atoms with Crippen LogP contribution < -0.4 is 5.32 Å². The third-order valence-electron chi connectivity index (χ3n) is 3.44. The molecule has 0 bridgehead atoms. The largest absolute Gasteiger partial charge is 0.373 e. The summed E-state index contributed by atoms with van der Waals surface area (Å²) in [5.74, 6) is 0. The van der Waals surface area contributed by atoms with Gasteiger partial charge in [0.25, 0.3) is 0 Å². The summed E-state index contributed by atoms with van der Waals surface area (Å²) in [6.45, 7) is 0. The molecule has 0 aliphatic rings. The van der Waals surface area contributed by atoms with Gasteiger partial charge in [-0.3, -0.25) is 0 Å². The van der Waals surface area contributed by atoms with Gasteiger partial charge in [-0.2, -0.15) is 0 Å². The first-order valence-electron chi connectivity index (χ1n) is 6.95. The van der Waals surface area contributed by atoms with E-state index in [1.54, 1.807) is 0 Å². The highest BCUT2D eigenvalue weighted by atomic mass is 35.5. The molecule has 0 heterocycles. The molecule has 0 aromatic heterocycles. The van der Waals surface area contributed by atoms with Gasteiger partial charge in [0.1, 0.15) is 0 Å². The lowest BCUT2D eigenvalue weighted by molar-refractivity contribution is 0.939. The van der Waals surface area contributed by atoms with Crippen LogP contribution in [-0.4, -0.2) is 0 Å². The van der Waals surface area contributed by atoms with Crippen LogP contribution in [0.15, 0.2) is 84.9 Å². The molecule has 1 N–H and O–H groups in total. The SMILES string of the molecule is Clc1ccccc1NC(c1ccccc1)c1ccccc1. The van der Waals surface area contributed by atoms with Crippen molar-refractivity contribution < 1.29 is 0 Å². The van der Waals surface area contributed by atoms with Crippen molar-refractivity contribution in [3.63, 3.8) is 0 Å². The van der Waals surface area contributed by atoms with E-state index in [9.17, 15) is 0 Å². The molecule has 3 rings (SSSR count). The average Bonchev–Trinajstić information content (AvgIpc) is 2.56. The summed E-state index contributed by atoms with van der Waals surface area (Å²) in [4.78, 5) is 0. The summed E-state index contributed by atoms with van der Waals surface area (Å²) in [7, 11) is 0. The number of hydrogen-bond donors (Lipinski definition) is 1. The van der Waals surface area contributed by atoms with Crippen molar-refractivity contribution in [1.29, 1.82) is 0 Å². The fourth-order valence-electron chi connectivity index (χ4n) is 2.38. The molecular weight excluding hydrogens is 278 g/mol. The van der Waals surface area contributed by atoms with E-state index in [0.717, 1.165) is 10.7 Å². The Labute approximate surface area is 130 Å². The van der Waals surface area contributed by atoms with Crippen LogP contribution in [0.2, 0.25) is 5.02 Å². The van der Waals surface area contributed by atoms with Crippen LogP contribution in [0.25, 0.3) is 0 Å². The van der Waals surface area contributed by atoms with Crippen molar-refractivity contribution >= 4 is 17.3 Å². The lowest BCUT2D eigenvalue weighted by Gasteiger charge is -2.21. The number of nitrogens with one attached hydrogen (secondary N) is 1. The monoisotopic (exact) mass is 293 g/mol. The molecule has 0 atom stereocenters. The quantitative estimate of drug-likeness (QED) is 0.666. The maximum Gasteiger partial charge on any atom is 0.0768 e. The Morgan fingerprint density at radius 3 is 1.62 bits per heavy atom. The molecule has 104 valence electrons. The minimum Gasteiger partial charge on any atom is -0.373 e. The van der Waals surface area contributed by atoms with E-state index in [1.165, 1.54) is 11.1 Å². The van der Waals surface area contributed by atoms with E-state index < -0.39 is 0 Å². The molecule has 0 aliphatic carbocycles. The molecule has 0 spiro atoms. The van der Waals surface area contributed by atoms with Crippen LogP contribution in [0.5, 0.6) is 0 Å². The van der Waals surface area contributed by atoms with E-state index in [1.807, 2.05) is 36.4 Å². The number of benzene rings is 3. The highest BCUT2D eigenvalue weighted by Gasteiger charge is 2.14. The average molecular weight is 294 g/mol. The van der Waals surface area contributed by atoms with Crippen molar-refractivity contribution in [3.05, 3.63) is 101 Å². The second kappa shape index (κ2) is 6.47. The van der Waals surface area contributed by atoms with Gasteiger partial charge in [0.2, 0.25) is 0 Å². The molecule has 3 aromatic rings. The Morgan fingerprint density at radius 1 is 0.619 bits per heavy atom. The molecular formula is C19H16ClN. The van der Waals surface area contributed by atoms with E-state index in [2.05, 4.69) is 53.8 Å². The minimum atomic E-state index is 0.0762. The molecule has 0 aliphatic heterocycles. The smallest absolute Gasteiger partial charge is 0.0768 e. The van der Waals surface area contributed by atoms with Gasteiger partial charge in [-0.15, -0.1) is 0 Å². The van der Waals surface area contributed by atoms with Crippen LogP contribution in [-0.2, 0) is 0 Å². The summed E-state index contributed by atoms with van der Waals surface area (Å²) < 4.78 is 0. The Kier molecular flexibility index (Phi) is 4.23. The standard InChI is InChI=1S/C19H16ClN/c20-17-13-7-8-14-18(17)21-19(15-9-3-1-4-10-15)16-11-5-2-6-12-16/h1-14,19,21H. The highest BCUT2D eigenvalue weighted by molar-refractivity contribution is 6.33. The molecule has 0 saturated heterocycles. The van der Waals surface area contributed by atoms with E-state index in [4.69, 9.17) is 11.6 Å². The van der Waals surface area contributed by atoms with Crippen molar-refractivity contribution in [2.24, 2.45) is 0 Å². The number of hydrogen-bond acceptors (Lipinski definition) is 1. The summed E-state index contributed by atoms with van der Waals surface area (Å²) in [6, 6.07) is 28.7. The first-order chi connectivity index (χ1) is 10.3. The zero-order chi connectivity index (χ0) is 14.5. The van der Waals surface area contributed by atoms with Crippen molar-refractivity contribution in [1.82, 2.24) is 0 Å². The fraction of sp³-hybridized carbons (Fsp3) is 0.0526. The van der Waals surface area contributed by atoms with Crippen LogP contribution in [0.1, 0.15) is 17.2 Å². The zero-order valence-electron chi connectivity index (χ0n) is 11.5. The molecule has 2 heteroatoms. The molecule has 0 saturated carbocycles. The number of rotatable bonds is 4. The van der Waals surface area contributed by atoms with E-state index >= 15 is 0 Å². The van der Waals surface area contributed by atoms with Gasteiger partial charge in [0, 0.05) is 0 Å². The lowest BCUT2D eigenvalue weighted by atomic mass is 9.98. The lowest BCUT2D eigenvalue weighted by Crippen LogP contribution is -2.12. The predicted octanol–water partition coefficient (Wildman–Crippen LogP) is 5.54. The van der Waals surface area contributed by atoms with Crippen LogP contribution in [0.4, 0.5) is 5.69 Å². The van der Waals surface area contributed by atoms with E-state index in [0.29, 0.717) is 0 Å². The number of para-hydroxylation sites is 1. The van der Waals surface area contributed by atoms with Crippen molar-refractivity contribution in [3.8, 4) is 0 Å². The van der Waals surface area contributed by atoms with Gasteiger partial charge in [-0.25, -0.2) is 0 Å². The van der Waals surface area contributed by atoms with Gasteiger partial charge in [-0.05, 0) is 23.3 Å². The third-order valence-corrected chi connectivity index (χ3v) is 3.77. The van der Waals surface area contributed by atoms with Crippen LogP contribution in [0.3, 0.4) is 0 Å². The van der Waals surface area contributed by atoms with Crippen LogP contribution in [0, 0.1) is 0 Å². The molecule has 0 amide bonds. The fourth-order valence-corrected chi connectivity index (χ4v) is 2.57. The van der Waals surface area contributed by atoms with Crippen molar-refractivity contribution in [2.45, 2.75) is 6.04 Å². The maximum absolute atomic E-state index is 6.28. The topological polar surface area (TPSA) is 12.0 Å². The van der Waals surface area contributed by atoms with Gasteiger partial charge in [0.15, 0.2) is 0 Å². The molecule has 3 aromatic carbocycles. The van der Waals surface area contributed by atoms with Crippen molar-refractivity contribution in [2.75, 3.05) is 5.32 Å². The second-order valence-corrected chi connectivity index (χ2v) is 5.29. The Balaban J connectivity index is 1.99.